The zero-order valence-corrected chi connectivity index (χ0v) is 23.4. The van der Waals surface area contributed by atoms with Crippen molar-refractivity contribution >= 4 is 140 Å². The first kappa shape index (κ1) is 23.3. The standard InChI is InChI=1S/C14H16S12/c15-13-23-9-10(24-13)21-7-3-18-4-8-22-12-11(25-14(16)26-12)20-6-2-17-1-5-19-9/h1-8H2. The predicted molar refractivity (Wildman–Crippen MR) is 144 cm³/mol. The molecule has 0 unspecified atom stereocenters. The van der Waals surface area contributed by atoms with Gasteiger partial charge in [0.15, 0.2) is 0 Å². The van der Waals surface area contributed by atoms with Crippen LogP contribution in [0.5, 0.6) is 0 Å². The topological polar surface area (TPSA) is 0 Å². The van der Waals surface area contributed by atoms with E-state index >= 15 is 0 Å². The van der Waals surface area contributed by atoms with Gasteiger partial charge in [0.1, 0.15) is 6.28 Å². The summed E-state index contributed by atoms with van der Waals surface area (Å²) in [5, 5.41) is 0. The van der Waals surface area contributed by atoms with Crippen LogP contribution in [-0.4, -0.2) is 46.0 Å². The van der Waals surface area contributed by atoms with Crippen molar-refractivity contribution in [1.82, 2.24) is 0 Å². The Balaban J connectivity index is 1.57. The van der Waals surface area contributed by atoms with Gasteiger partial charge in [-0.15, -0.1) is 92.4 Å². The maximum absolute atomic E-state index is 5.42. The third-order valence-corrected chi connectivity index (χ3v) is 17.1. The van der Waals surface area contributed by atoms with E-state index in [0.29, 0.717) is 0 Å². The third-order valence-electron chi connectivity index (χ3n) is 2.88. The van der Waals surface area contributed by atoms with Crippen molar-refractivity contribution in [2.24, 2.45) is 0 Å². The molecule has 12 heteroatoms. The van der Waals surface area contributed by atoms with E-state index < -0.39 is 0 Å². The molecule has 26 heavy (non-hydrogen) atoms. The molecular formula is C14H16S12. The lowest BCUT2D eigenvalue weighted by atomic mass is 10.9. The minimum absolute atomic E-state index is 1.07. The van der Waals surface area contributed by atoms with Crippen LogP contribution in [0.15, 0.2) is 16.8 Å². The molecule has 0 aromatic carbocycles. The zero-order chi connectivity index (χ0) is 18.2. The van der Waals surface area contributed by atoms with Gasteiger partial charge in [0.2, 0.25) is 0 Å². The minimum Gasteiger partial charge on any atom is -0.160 e. The van der Waals surface area contributed by atoms with Gasteiger partial charge in [0.05, 0.1) is 16.8 Å². The van der Waals surface area contributed by atoms with Gasteiger partial charge in [-0.25, -0.2) is 0 Å². The number of hydrogen-bond acceptors (Lipinski definition) is 12. The van der Waals surface area contributed by atoms with E-state index in [0.717, 1.165) is 6.28 Å². The van der Waals surface area contributed by atoms with Crippen LogP contribution < -0.4 is 0 Å². The van der Waals surface area contributed by atoms with Crippen molar-refractivity contribution in [1.29, 1.82) is 0 Å². The molecule has 0 fully saturated rings. The first-order valence-corrected chi connectivity index (χ1v) is 18.0. The summed E-state index contributed by atoms with van der Waals surface area (Å²) in [5.41, 5.74) is 0. The molecule has 0 N–H and O–H groups in total. The van der Waals surface area contributed by atoms with Gasteiger partial charge in [0.25, 0.3) is 0 Å². The van der Waals surface area contributed by atoms with Crippen LogP contribution in [0.25, 0.3) is 0 Å². The molecule has 0 saturated carbocycles. The fourth-order valence-corrected chi connectivity index (χ4v) is 16.6. The molecule has 0 atom stereocenters. The van der Waals surface area contributed by atoms with Gasteiger partial charge in [0, 0.05) is 46.0 Å². The average Bonchev–Trinajstić information content (AvgIpc) is 3.14. The molecule has 0 bridgehead atoms. The van der Waals surface area contributed by atoms with Crippen LogP contribution >= 0.6 is 140 Å². The molecule has 2 aromatic rings. The van der Waals surface area contributed by atoms with Crippen molar-refractivity contribution < 1.29 is 0 Å². The Bertz CT molecular complexity index is 657. The van der Waals surface area contributed by atoms with E-state index in [2.05, 4.69) is 23.5 Å². The molecule has 1 aliphatic heterocycles. The summed E-state index contributed by atoms with van der Waals surface area (Å²) < 4.78 is 7.94. The first-order valence-electron chi connectivity index (χ1n) is 7.67. The fourth-order valence-electron chi connectivity index (χ4n) is 1.84. The number of thioether (sulfide) groups is 6. The van der Waals surface area contributed by atoms with Crippen molar-refractivity contribution in [3.63, 3.8) is 0 Å². The van der Waals surface area contributed by atoms with Gasteiger partial charge < -0.3 is 0 Å². The quantitative estimate of drug-likeness (QED) is 0.285. The highest BCUT2D eigenvalue weighted by molar-refractivity contribution is 8.08. The Labute approximate surface area is 206 Å². The molecule has 0 aliphatic carbocycles. The summed E-state index contributed by atoms with van der Waals surface area (Å²) in [6.45, 7) is 0. The van der Waals surface area contributed by atoms with Crippen LogP contribution in [0, 0.1) is 6.28 Å². The monoisotopic (exact) mass is 568 g/mol. The molecule has 0 nitrogen and oxygen atoms in total. The molecule has 0 spiro atoms. The maximum atomic E-state index is 5.42. The van der Waals surface area contributed by atoms with Crippen molar-refractivity contribution in [3.8, 4) is 0 Å². The van der Waals surface area contributed by atoms with Gasteiger partial charge in [-0.1, -0.05) is 24.4 Å². The summed E-state index contributed by atoms with van der Waals surface area (Å²) in [7, 11) is 0. The highest BCUT2D eigenvalue weighted by Gasteiger charge is 2.11. The second kappa shape index (κ2) is 13.1. The Morgan fingerprint density at radius 1 is 0.423 bits per heavy atom. The molecule has 2 aromatic heterocycles. The van der Waals surface area contributed by atoms with Crippen molar-refractivity contribution in [2.45, 2.75) is 16.8 Å². The zero-order valence-electron chi connectivity index (χ0n) is 13.6. The maximum Gasteiger partial charge on any atom is 0.145 e. The van der Waals surface area contributed by atoms with E-state index in [1.54, 1.807) is 45.3 Å². The highest BCUT2D eigenvalue weighted by Crippen LogP contribution is 2.42. The van der Waals surface area contributed by atoms with E-state index in [9.17, 15) is 0 Å². The fraction of sp³-hybridized carbons (Fsp3) is 0.571. The molecule has 144 valence electrons. The van der Waals surface area contributed by atoms with Gasteiger partial charge in [-0.3, -0.25) is 0 Å². The molecule has 0 amide bonds. The van der Waals surface area contributed by atoms with Crippen LogP contribution in [0.2, 0.25) is 0 Å². The number of fused-ring (bicyclic) bond motifs is 2. The minimum atomic E-state index is 1.07. The van der Waals surface area contributed by atoms with Crippen molar-refractivity contribution in [3.05, 3.63) is 6.28 Å². The van der Waals surface area contributed by atoms with Crippen LogP contribution in [0.4, 0.5) is 0 Å². The Hall–Kier alpha value is 2.64. The SMILES string of the molecule is S=c1sc2c(s1)SCCSCCSc1sc(=S)sc1SCCSCCS2. The second-order valence-electron chi connectivity index (χ2n) is 4.68. The molecule has 3 heterocycles. The predicted octanol–water partition coefficient (Wildman–Crippen LogP) is 8.94. The second-order valence-corrected chi connectivity index (χ2v) is 19.0. The number of rotatable bonds is 0. The molecule has 0 radical (unpaired) electrons. The summed E-state index contributed by atoms with van der Waals surface area (Å²) in [5.74, 6) is 9.55. The highest BCUT2D eigenvalue weighted by atomic mass is 32.2. The average molecular weight is 569 g/mol. The molecular weight excluding hydrogens is 553 g/mol. The summed E-state index contributed by atoms with van der Waals surface area (Å²) in [6.07, 6.45) is 0. The normalized spacial score (nSPS) is 18.5. The van der Waals surface area contributed by atoms with E-state index in [4.69, 9.17) is 24.4 Å². The lowest BCUT2D eigenvalue weighted by Crippen LogP contribution is -1.91. The van der Waals surface area contributed by atoms with E-state index in [-0.39, 0.29) is 0 Å². The lowest BCUT2D eigenvalue weighted by molar-refractivity contribution is 1.42. The largest absolute Gasteiger partial charge is 0.160 e. The van der Waals surface area contributed by atoms with Crippen molar-refractivity contribution in [2.75, 3.05) is 46.0 Å². The number of hydrogen-bond donors (Lipinski definition) is 0. The van der Waals surface area contributed by atoms with Gasteiger partial charge >= 0.3 is 0 Å². The molecule has 3 rings (SSSR count). The molecule has 0 saturated heterocycles. The third kappa shape index (κ3) is 8.05. The van der Waals surface area contributed by atoms with Crippen LogP contribution in [-0.2, 0) is 0 Å². The Kier molecular flexibility index (Phi) is 11.8. The Morgan fingerprint density at radius 3 is 0.962 bits per heavy atom. The van der Waals surface area contributed by atoms with Crippen LogP contribution in [0.3, 0.4) is 0 Å². The lowest BCUT2D eigenvalue weighted by Gasteiger charge is -2.06. The first-order chi connectivity index (χ1) is 12.7. The van der Waals surface area contributed by atoms with Gasteiger partial charge in [-0.05, 0) is 0 Å². The Morgan fingerprint density at radius 2 is 0.692 bits per heavy atom. The van der Waals surface area contributed by atoms with Crippen LogP contribution in [0.1, 0.15) is 0 Å². The van der Waals surface area contributed by atoms with E-state index in [1.807, 2.05) is 47.0 Å². The summed E-state index contributed by atoms with van der Waals surface area (Å²) in [6, 6.07) is 0. The van der Waals surface area contributed by atoms with E-state index in [1.165, 1.54) is 62.9 Å². The molecule has 1 aliphatic rings. The summed E-state index contributed by atoms with van der Waals surface area (Å²) >= 11 is 30.2. The summed E-state index contributed by atoms with van der Waals surface area (Å²) in [4.78, 5) is 0. The smallest absolute Gasteiger partial charge is 0.145 e. The van der Waals surface area contributed by atoms with Gasteiger partial charge in [-0.2, -0.15) is 23.5 Å².